The van der Waals surface area contributed by atoms with Crippen molar-refractivity contribution in [1.29, 1.82) is 0 Å². The molecule has 0 heterocycles. The van der Waals surface area contributed by atoms with Gasteiger partial charge in [-0.05, 0) is 70.6 Å². The molecule has 1 amide bonds. The van der Waals surface area contributed by atoms with Crippen LogP contribution in [0.15, 0.2) is 24.3 Å². The molecule has 0 saturated carbocycles. The van der Waals surface area contributed by atoms with Gasteiger partial charge in [0.15, 0.2) is 0 Å². The van der Waals surface area contributed by atoms with E-state index in [1.807, 2.05) is 0 Å². The molecule has 6 heteroatoms. The van der Waals surface area contributed by atoms with Crippen LogP contribution in [0.1, 0.15) is 373 Å². The largest absolute Gasteiger partial charge is 0.466 e. The van der Waals surface area contributed by atoms with Gasteiger partial charge in [0.1, 0.15) is 0 Å². The number of carbonyl (C=O) groups excluding carboxylic acids is 2. The van der Waals surface area contributed by atoms with Gasteiger partial charge in [-0.1, -0.05) is 314 Å². The zero-order valence-corrected chi connectivity index (χ0v) is 50.1. The van der Waals surface area contributed by atoms with Crippen LogP contribution in [-0.4, -0.2) is 47.4 Å². The minimum atomic E-state index is -0.661. The monoisotopic (exact) mass is 1040 g/mol. The molecule has 438 valence electrons. The van der Waals surface area contributed by atoms with Crippen molar-refractivity contribution >= 4 is 11.9 Å². The Kier molecular flexibility index (Phi) is 62.4. The number of carbonyl (C=O) groups is 2. The van der Waals surface area contributed by atoms with Crippen LogP contribution in [0.25, 0.3) is 0 Å². The lowest BCUT2D eigenvalue weighted by Gasteiger charge is -2.22. The second-order valence-electron chi connectivity index (χ2n) is 23.1. The molecule has 0 aliphatic carbocycles. The van der Waals surface area contributed by atoms with Crippen molar-refractivity contribution in [2.45, 2.75) is 386 Å². The molecule has 0 aromatic carbocycles. The maximum Gasteiger partial charge on any atom is 0.305 e. The number of nitrogens with one attached hydrogen (secondary N) is 1. The fraction of sp³-hybridized carbons (Fsp3) is 0.912. The van der Waals surface area contributed by atoms with Gasteiger partial charge < -0.3 is 20.3 Å². The van der Waals surface area contributed by atoms with Crippen molar-refractivity contribution in [2.75, 3.05) is 13.2 Å². The minimum Gasteiger partial charge on any atom is -0.466 e. The van der Waals surface area contributed by atoms with E-state index in [1.165, 1.54) is 295 Å². The number of aliphatic hydroxyl groups is 2. The summed E-state index contributed by atoms with van der Waals surface area (Å²) in [4.78, 5) is 24.5. The normalized spacial score (nSPS) is 12.6. The van der Waals surface area contributed by atoms with E-state index < -0.39 is 12.1 Å². The zero-order valence-electron chi connectivity index (χ0n) is 50.1. The molecule has 74 heavy (non-hydrogen) atoms. The van der Waals surface area contributed by atoms with Gasteiger partial charge in [-0.15, -0.1) is 0 Å². The minimum absolute atomic E-state index is 0.00737. The van der Waals surface area contributed by atoms with Gasteiger partial charge in [0.2, 0.25) is 5.91 Å². The molecule has 0 bridgehead atoms. The second kappa shape index (κ2) is 63.9. The quantitative estimate of drug-likeness (QED) is 0.0320. The average Bonchev–Trinajstić information content (AvgIpc) is 3.40. The number of allylic oxidation sites excluding steroid dienone is 4. The van der Waals surface area contributed by atoms with Crippen LogP contribution in [-0.2, 0) is 14.3 Å². The summed E-state index contributed by atoms with van der Waals surface area (Å²) in [6, 6.07) is -0.538. The molecule has 0 aliphatic heterocycles. The maximum absolute atomic E-state index is 12.5. The van der Waals surface area contributed by atoms with E-state index in [9.17, 15) is 19.8 Å². The lowest BCUT2D eigenvalue weighted by molar-refractivity contribution is -0.143. The van der Waals surface area contributed by atoms with Crippen molar-refractivity contribution < 1.29 is 24.5 Å². The van der Waals surface area contributed by atoms with Crippen LogP contribution in [0.3, 0.4) is 0 Å². The average molecular weight is 1040 g/mol. The predicted molar refractivity (Wildman–Crippen MR) is 324 cm³/mol. The van der Waals surface area contributed by atoms with Gasteiger partial charge in [0.05, 0.1) is 25.4 Å². The van der Waals surface area contributed by atoms with E-state index in [0.29, 0.717) is 25.9 Å². The van der Waals surface area contributed by atoms with Gasteiger partial charge in [-0.2, -0.15) is 0 Å². The van der Waals surface area contributed by atoms with Gasteiger partial charge in [0, 0.05) is 12.8 Å². The summed E-state index contributed by atoms with van der Waals surface area (Å²) in [5, 5.41) is 23.3. The summed E-state index contributed by atoms with van der Waals surface area (Å²) < 4.78 is 5.46. The number of hydrogen-bond donors (Lipinski definition) is 3. The first kappa shape index (κ1) is 72.3. The molecule has 0 spiro atoms. The van der Waals surface area contributed by atoms with E-state index >= 15 is 0 Å². The van der Waals surface area contributed by atoms with Gasteiger partial charge in [-0.3, -0.25) is 9.59 Å². The summed E-state index contributed by atoms with van der Waals surface area (Å²) in [5.74, 6) is -0.0227. The highest BCUT2D eigenvalue weighted by molar-refractivity contribution is 5.76. The van der Waals surface area contributed by atoms with Gasteiger partial charge >= 0.3 is 5.97 Å². The lowest BCUT2D eigenvalue weighted by atomic mass is 10.0. The Morgan fingerprint density at radius 3 is 1.00 bits per heavy atom. The van der Waals surface area contributed by atoms with Crippen LogP contribution < -0.4 is 5.32 Å². The Labute approximate surface area is 462 Å². The fourth-order valence-electron chi connectivity index (χ4n) is 10.6. The molecule has 0 aromatic rings. The van der Waals surface area contributed by atoms with E-state index in [1.54, 1.807) is 0 Å². The molecule has 0 saturated heterocycles. The number of ether oxygens (including phenoxy) is 1. The fourth-order valence-corrected chi connectivity index (χ4v) is 10.6. The molecule has 3 N–H and O–H groups in total. The van der Waals surface area contributed by atoms with Crippen LogP contribution >= 0.6 is 0 Å². The van der Waals surface area contributed by atoms with Crippen molar-refractivity contribution in [1.82, 2.24) is 5.32 Å². The van der Waals surface area contributed by atoms with Crippen LogP contribution in [0.2, 0.25) is 0 Å². The summed E-state index contributed by atoms with van der Waals surface area (Å²) in [6.45, 7) is 4.94. The number of rotatable bonds is 63. The smallest absolute Gasteiger partial charge is 0.305 e. The summed E-state index contributed by atoms with van der Waals surface area (Å²) >= 11 is 0. The molecular weight excluding hydrogens is 911 g/mol. The molecule has 0 aliphatic rings. The highest BCUT2D eigenvalue weighted by atomic mass is 16.5. The molecule has 0 radical (unpaired) electrons. The summed E-state index contributed by atoms with van der Waals surface area (Å²) in [6.07, 6.45) is 79.4. The third kappa shape index (κ3) is 59.6. The Morgan fingerprint density at radius 1 is 0.365 bits per heavy atom. The molecule has 0 fully saturated rings. The third-order valence-corrected chi connectivity index (χ3v) is 15.7. The Bertz CT molecular complexity index is 1150. The van der Waals surface area contributed by atoms with Crippen molar-refractivity contribution in [3.63, 3.8) is 0 Å². The van der Waals surface area contributed by atoms with Crippen molar-refractivity contribution in [3.05, 3.63) is 24.3 Å². The standard InChI is InChI=1S/C68H131NO5/c1-3-5-7-9-11-13-15-16-37-41-44-48-52-56-60-66(71)65(64-70)69-67(72)61-57-53-49-45-42-38-35-33-31-29-27-25-23-21-19-17-18-20-22-24-26-28-30-32-34-36-39-43-47-51-55-59-63-74-68(73)62-58-54-50-46-40-14-12-10-8-6-4-2/h10,12,20,22,65-66,70-71H,3-9,11,13-19,21,23-64H2,1-2H3,(H,69,72)/b12-10-,22-20-. The van der Waals surface area contributed by atoms with E-state index in [0.717, 1.165) is 44.9 Å². The highest BCUT2D eigenvalue weighted by Gasteiger charge is 2.20. The molecule has 2 unspecified atom stereocenters. The van der Waals surface area contributed by atoms with E-state index in [4.69, 9.17) is 4.74 Å². The topological polar surface area (TPSA) is 95.9 Å². The number of unbranched alkanes of at least 4 members (excludes halogenated alkanes) is 48. The number of esters is 1. The molecule has 2 atom stereocenters. The highest BCUT2D eigenvalue weighted by Crippen LogP contribution is 2.18. The molecule has 6 nitrogen and oxygen atoms in total. The first-order chi connectivity index (χ1) is 36.5. The second-order valence-corrected chi connectivity index (χ2v) is 23.1. The number of aliphatic hydroxyl groups excluding tert-OH is 2. The number of hydrogen-bond acceptors (Lipinski definition) is 5. The zero-order chi connectivity index (χ0) is 53.6. The Hall–Kier alpha value is -1.66. The van der Waals surface area contributed by atoms with E-state index in [-0.39, 0.29) is 18.5 Å². The predicted octanol–water partition coefficient (Wildman–Crippen LogP) is 21.4. The molecular formula is C68H131NO5. The Morgan fingerprint density at radius 2 is 0.649 bits per heavy atom. The van der Waals surface area contributed by atoms with Crippen LogP contribution in [0.5, 0.6) is 0 Å². The van der Waals surface area contributed by atoms with Crippen molar-refractivity contribution in [3.8, 4) is 0 Å². The SMILES string of the molecule is CCCC/C=C\CCCCCCCC(=O)OCCCCCCCCCCCCCC/C=C\CCCCCCCCCCCCCCCCCCC(=O)NC(CO)C(O)CCCCCCCCCCCCCCCC. The van der Waals surface area contributed by atoms with E-state index in [2.05, 4.69) is 43.5 Å². The number of amides is 1. The Balaban J connectivity index is 3.35. The first-order valence-electron chi connectivity index (χ1n) is 33.6. The van der Waals surface area contributed by atoms with Gasteiger partial charge in [-0.25, -0.2) is 0 Å². The third-order valence-electron chi connectivity index (χ3n) is 15.7. The maximum atomic E-state index is 12.5. The first-order valence-corrected chi connectivity index (χ1v) is 33.6. The van der Waals surface area contributed by atoms with Crippen molar-refractivity contribution in [2.24, 2.45) is 0 Å². The summed E-state index contributed by atoms with van der Waals surface area (Å²) in [5.41, 5.74) is 0. The molecule has 0 aromatic heterocycles. The van der Waals surface area contributed by atoms with Crippen LogP contribution in [0, 0.1) is 0 Å². The molecule has 0 rings (SSSR count). The lowest BCUT2D eigenvalue weighted by Crippen LogP contribution is -2.45. The summed E-state index contributed by atoms with van der Waals surface area (Å²) in [7, 11) is 0. The van der Waals surface area contributed by atoms with Gasteiger partial charge in [0.25, 0.3) is 0 Å². The van der Waals surface area contributed by atoms with Crippen LogP contribution in [0.4, 0.5) is 0 Å².